The van der Waals surface area contributed by atoms with Crippen molar-refractivity contribution in [1.82, 2.24) is 14.9 Å². The third-order valence-electron chi connectivity index (χ3n) is 5.01. The molecule has 2 aromatic heterocycles. The molecule has 4 rings (SSSR count). The zero-order valence-electron chi connectivity index (χ0n) is 13.8. The molecular weight excluding hydrogens is 308 g/mol. The lowest BCUT2D eigenvalue weighted by atomic mass is 9.89. The van der Waals surface area contributed by atoms with Crippen LogP contribution in [0.1, 0.15) is 36.0 Å². The van der Waals surface area contributed by atoms with E-state index in [1.54, 1.807) is 16.2 Å². The lowest BCUT2D eigenvalue weighted by molar-refractivity contribution is -0.127. The fourth-order valence-corrected chi connectivity index (χ4v) is 5.10. The van der Waals surface area contributed by atoms with Gasteiger partial charge in [0.25, 0.3) is 0 Å². The topological polar surface area (TPSA) is 58.1 Å². The van der Waals surface area contributed by atoms with Gasteiger partial charge in [0.2, 0.25) is 5.91 Å². The van der Waals surface area contributed by atoms with Crippen LogP contribution < -0.4 is 5.32 Å². The highest BCUT2D eigenvalue weighted by molar-refractivity contribution is 7.19. The van der Waals surface area contributed by atoms with E-state index < -0.39 is 0 Å². The van der Waals surface area contributed by atoms with Crippen LogP contribution in [0.5, 0.6) is 0 Å². The molecule has 1 amide bonds. The first-order valence-corrected chi connectivity index (χ1v) is 9.15. The van der Waals surface area contributed by atoms with Crippen molar-refractivity contribution >= 4 is 33.3 Å². The van der Waals surface area contributed by atoms with Crippen LogP contribution in [-0.4, -0.2) is 40.4 Å². The number of aryl methyl sites for hydroxylation is 2. The van der Waals surface area contributed by atoms with Gasteiger partial charge in [-0.25, -0.2) is 9.97 Å². The highest BCUT2D eigenvalue weighted by Crippen LogP contribution is 2.40. The molecule has 1 N–H and O–H groups in total. The molecule has 0 spiro atoms. The third kappa shape index (κ3) is 2.49. The van der Waals surface area contributed by atoms with E-state index in [1.165, 1.54) is 16.9 Å². The van der Waals surface area contributed by atoms with Crippen LogP contribution in [0.25, 0.3) is 10.2 Å². The molecule has 5 nitrogen and oxygen atoms in total. The Morgan fingerprint density at radius 2 is 2.13 bits per heavy atom. The van der Waals surface area contributed by atoms with Crippen LogP contribution in [0.2, 0.25) is 0 Å². The van der Waals surface area contributed by atoms with Crippen LogP contribution in [0.3, 0.4) is 0 Å². The van der Waals surface area contributed by atoms with Crippen molar-refractivity contribution in [3.8, 4) is 0 Å². The summed E-state index contributed by atoms with van der Waals surface area (Å²) in [6.07, 6.45) is 4.29. The summed E-state index contributed by atoms with van der Waals surface area (Å²) >= 11 is 1.80. The Bertz CT molecular complexity index is 784. The summed E-state index contributed by atoms with van der Waals surface area (Å²) in [5, 5.41) is 4.57. The van der Waals surface area contributed by atoms with E-state index in [2.05, 4.69) is 22.2 Å². The van der Waals surface area contributed by atoms with E-state index in [0.717, 1.165) is 53.6 Å². The number of nitrogens with one attached hydrogen (secondary N) is 1. The van der Waals surface area contributed by atoms with Crippen molar-refractivity contribution in [3.63, 3.8) is 0 Å². The largest absolute Gasteiger partial charge is 0.358 e. The molecule has 3 heterocycles. The zero-order valence-corrected chi connectivity index (χ0v) is 14.7. The Balaban J connectivity index is 1.78. The summed E-state index contributed by atoms with van der Waals surface area (Å²) in [6.45, 7) is 5.05. The molecular formula is C17H22N4OS. The second-order valence-corrected chi connectivity index (χ2v) is 7.98. The quantitative estimate of drug-likeness (QED) is 0.920. The number of likely N-dealkylation sites (N-methyl/N-ethyl adjacent to an activating group) is 1. The van der Waals surface area contributed by atoms with Crippen molar-refractivity contribution in [2.24, 2.45) is 5.92 Å². The molecule has 122 valence electrons. The molecule has 1 saturated heterocycles. The molecule has 0 bridgehead atoms. The van der Waals surface area contributed by atoms with E-state index in [1.807, 2.05) is 14.0 Å². The predicted octanol–water partition coefficient (Wildman–Crippen LogP) is 2.77. The molecule has 2 atom stereocenters. The maximum atomic E-state index is 12.2. The van der Waals surface area contributed by atoms with Crippen LogP contribution in [0, 0.1) is 12.8 Å². The molecule has 0 aromatic carbocycles. The lowest BCUT2D eigenvalue weighted by Crippen LogP contribution is -2.31. The molecule has 1 aliphatic carbocycles. The van der Waals surface area contributed by atoms with Gasteiger partial charge < -0.3 is 10.2 Å². The molecule has 2 aromatic rings. The smallest absolute Gasteiger partial charge is 0.244 e. The van der Waals surface area contributed by atoms with Gasteiger partial charge in [-0.05, 0) is 44.1 Å². The third-order valence-corrected chi connectivity index (χ3v) is 6.15. The number of hydrogen-bond donors (Lipinski definition) is 1. The van der Waals surface area contributed by atoms with Crippen molar-refractivity contribution in [1.29, 1.82) is 0 Å². The van der Waals surface area contributed by atoms with Gasteiger partial charge in [-0.3, -0.25) is 4.79 Å². The first kappa shape index (κ1) is 14.9. The average molecular weight is 330 g/mol. The van der Waals surface area contributed by atoms with Gasteiger partial charge in [0.1, 0.15) is 22.5 Å². The second kappa shape index (κ2) is 5.44. The highest BCUT2D eigenvalue weighted by Gasteiger charge is 2.31. The maximum Gasteiger partial charge on any atom is 0.244 e. The van der Waals surface area contributed by atoms with Crippen LogP contribution in [0.4, 0.5) is 5.82 Å². The number of hydrogen-bond acceptors (Lipinski definition) is 5. The SMILES string of the molecule is Cc1nc(NC2CCN(C)C2=O)c2c3c(sc2n1)CC(C)CC3. The summed E-state index contributed by atoms with van der Waals surface area (Å²) < 4.78 is 0. The van der Waals surface area contributed by atoms with Crippen LogP contribution in [0.15, 0.2) is 0 Å². The molecule has 1 fully saturated rings. The minimum absolute atomic E-state index is 0.157. The van der Waals surface area contributed by atoms with E-state index in [0.29, 0.717) is 0 Å². The van der Waals surface area contributed by atoms with E-state index >= 15 is 0 Å². The summed E-state index contributed by atoms with van der Waals surface area (Å²) in [5.41, 5.74) is 1.41. The van der Waals surface area contributed by atoms with Crippen LogP contribution in [-0.2, 0) is 17.6 Å². The Hall–Kier alpha value is -1.69. The van der Waals surface area contributed by atoms with Gasteiger partial charge >= 0.3 is 0 Å². The Kier molecular flexibility index (Phi) is 3.52. The van der Waals surface area contributed by atoms with Crippen molar-refractivity contribution in [3.05, 3.63) is 16.3 Å². The minimum Gasteiger partial charge on any atom is -0.358 e. The van der Waals surface area contributed by atoms with Crippen molar-refractivity contribution in [2.45, 2.75) is 45.6 Å². The van der Waals surface area contributed by atoms with Crippen molar-refractivity contribution < 1.29 is 4.79 Å². The number of rotatable bonds is 2. The monoisotopic (exact) mass is 330 g/mol. The summed E-state index contributed by atoms with van der Waals surface area (Å²) in [4.78, 5) is 25.8. The number of likely N-dealkylation sites (tertiary alicyclic amines) is 1. The number of amides is 1. The van der Waals surface area contributed by atoms with Gasteiger partial charge in [-0.15, -0.1) is 11.3 Å². The second-order valence-electron chi connectivity index (χ2n) is 6.90. The lowest BCUT2D eigenvalue weighted by Gasteiger charge is -2.19. The van der Waals surface area contributed by atoms with Crippen LogP contribution >= 0.6 is 11.3 Å². The first-order valence-electron chi connectivity index (χ1n) is 8.33. The number of thiophene rings is 1. The average Bonchev–Trinajstić information content (AvgIpc) is 3.00. The van der Waals surface area contributed by atoms with Gasteiger partial charge in [0.15, 0.2) is 0 Å². The first-order chi connectivity index (χ1) is 11.0. The molecule has 23 heavy (non-hydrogen) atoms. The predicted molar refractivity (Wildman–Crippen MR) is 93.0 cm³/mol. The van der Waals surface area contributed by atoms with Crippen molar-refractivity contribution in [2.75, 3.05) is 18.9 Å². The number of aromatic nitrogens is 2. The molecule has 0 saturated carbocycles. The minimum atomic E-state index is -0.157. The summed E-state index contributed by atoms with van der Waals surface area (Å²) in [6, 6.07) is -0.157. The summed E-state index contributed by atoms with van der Waals surface area (Å²) in [7, 11) is 1.86. The van der Waals surface area contributed by atoms with Gasteiger partial charge in [-0.1, -0.05) is 6.92 Å². The molecule has 0 radical (unpaired) electrons. The zero-order chi connectivity index (χ0) is 16.1. The number of carbonyl (C=O) groups is 1. The van der Waals surface area contributed by atoms with Gasteiger partial charge in [-0.2, -0.15) is 0 Å². The van der Waals surface area contributed by atoms with E-state index in [9.17, 15) is 4.79 Å². The summed E-state index contributed by atoms with van der Waals surface area (Å²) in [5.74, 6) is 2.52. The van der Waals surface area contributed by atoms with Gasteiger partial charge in [0, 0.05) is 18.5 Å². The number of nitrogens with zero attached hydrogens (tertiary/aromatic N) is 3. The maximum absolute atomic E-state index is 12.2. The molecule has 2 aliphatic rings. The van der Waals surface area contributed by atoms with Gasteiger partial charge in [0.05, 0.1) is 5.39 Å². The number of carbonyl (C=O) groups excluding carboxylic acids is 1. The standard InChI is InChI=1S/C17H22N4OS/c1-9-4-5-11-13(8-9)23-16-14(11)15(18-10(2)19-16)20-12-6-7-21(3)17(12)22/h9,12H,4-8H2,1-3H3,(H,18,19,20). The molecule has 1 aliphatic heterocycles. The normalized spacial score (nSPS) is 24.3. The Labute approximate surface area is 140 Å². The number of anilines is 1. The molecule has 2 unspecified atom stereocenters. The Morgan fingerprint density at radius 3 is 2.87 bits per heavy atom. The number of fused-ring (bicyclic) bond motifs is 3. The Morgan fingerprint density at radius 1 is 1.30 bits per heavy atom. The van der Waals surface area contributed by atoms with E-state index in [4.69, 9.17) is 0 Å². The van der Waals surface area contributed by atoms with E-state index in [-0.39, 0.29) is 11.9 Å². The fourth-order valence-electron chi connectivity index (χ4n) is 3.67. The highest BCUT2D eigenvalue weighted by atomic mass is 32.1. The molecule has 6 heteroatoms. The fraction of sp³-hybridized carbons (Fsp3) is 0.588.